The lowest BCUT2D eigenvalue weighted by Crippen LogP contribution is -2.09. The van der Waals surface area contributed by atoms with E-state index in [9.17, 15) is 4.39 Å². The van der Waals surface area contributed by atoms with Gasteiger partial charge in [-0.05, 0) is 24.3 Å². The number of rotatable bonds is 5. The molecular weight excluding hydrogens is 233 g/mol. The van der Waals surface area contributed by atoms with Gasteiger partial charge in [0, 0.05) is 6.07 Å². The van der Waals surface area contributed by atoms with Crippen LogP contribution in [-0.2, 0) is 0 Å². The number of nitrogens with two attached hydrogens (primary N) is 1. The summed E-state index contributed by atoms with van der Waals surface area (Å²) in [6, 6.07) is 13.2. The van der Waals surface area contributed by atoms with E-state index in [0.717, 1.165) is 0 Å². The zero-order valence-electron chi connectivity index (χ0n) is 9.80. The van der Waals surface area contributed by atoms with E-state index in [1.54, 1.807) is 24.3 Å². The molecule has 0 fully saturated rings. The molecule has 2 aromatic rings. The maximum atomic E-state index is 12.9. The standard InChI is InChI=1S/C14H14FNO2/c15-11-4-3-5-12(10-11)17-8-9-18-14-7-2-1-6-13(14)16/h1-7,10H,8-9,16H2. The fraction of sp³-hybridized carbons (Fsp3) is 0.143. The van der Waals surface area contributed by atoms with Gasteiger partial charge in [0.25, 0.3) is 0 Å². The van der Waals surface area contributed by atoms with Gasteiger partial charge in [-0.15, -0.1) is 0 Å². The number of nitrogen functional groups attached to an aromatic ring is 1. The van der Waals surface area contributed by atoms with Crippen molar-refractivity contribution in [2.75, 3.05) is 18.9 Å². The van der Waals surface area contributed by atoms with Crippen molar-refractivity contribution in [1.29, 1.82) is 0 Å². The van der Waals surface area contributed by atoms with Crippen molar-refractivity contribution < 1.29 is 13.9 Å². The Morgan fingerprint density at radius 3 is 2.50 bits per heavy atom. The van der Waals surface area contributed by atoms with Crippen molar-refractivity contribution in [1.82, 2.24) is 0 Å². The van der Waals surface area contributed by atoms with Crippen LogP contribution in [0.4, 0.5) is 10.1 Å². The summed E-state index contributed by atoms with van der Waals surface area (Å²) in [6.07, 6.45) is 0. The van der Waals surface area contributed by atoms with Crippen molar-refractivity contribution in [3.63, 3.8) is 0 Å². The normalized spacial score (nSPS) is 10.1. The molecule has 0 bridgehead atoms. The summed E-state index contributed by atoms with van der Waals surface area (Å²) < 4.78 is 23.7. The number of hydrogen-bond acceptors (Lipinski definition) is 3. The van der Waals surface area contributed by atoms with Crippen LogP contribution in [0, 0.1) is 5.82 Å². The molecule has 0 unspecified atom stereocenters. The SMILES string of the molecule is Nc1ccccc1OCCOc1cccc(F)c1. The number of benzene rings is 2. The second-order valence-electron chi connectivity index (χ2n) is 3.69. The molecule has 4 heteroatoms. The zero-order chi connectivity index (χ0) is 12.8. The van der Waals surface area contributed by atoms with Crippen molar-refractivity contribution in [3.8, 4) is 11.5 Å². The highest BCUT2D eigenvalue weighted by Crippen LogP contribution is 2.19. The Kier molecular flexibility index (Phi) is 4.02. The highest BCUT2D eigenvalue weighted by molar-refractivity contribution is 5.51. The van der Waals surface area contributed by atoms with E-state index in [4.69, 9.17) is 15.2 Å². The summed E-state index contributed by atoms with van der Waals surface area (Å²) >= 11 is 0. The maximum Gasteiger partial charge on any atom is 0.142 e. The Morgan fingerprint density at radius 2 is 1.72 bits per heavy atom. The first kappa shape index (κ1) is 12.2. The van der Waals surface area contributed by atoms with Crippen molar-refractivity contribution >= 4 is 5.69 Å². The van der Waals surface area contributed by atoms with Gasteiger partial charge in [0.15, 0.2) is 0 Å². The van der Waals surface area contributed by atoms with E-state index in [0.29, 0.717) is 30.4 Å². The van der Waals surface area contributed by atoms with Crippen LogP contribution in [0.5, 0.6) is 11.5 Å². The van der Waals surface area contributed by atoms with Crippen molar-refractivity contribution in [2.24, 2.45) is 0 Å². The largest absolute Gasteiger partial charge is 0.490 e. The summed E-state index contributed by atoms with van der Waals surface area (Å²) in [5.74, 6) is 0.792. The van der Waals surface area contributed by atoms with Crippen molar-refractivity contribution in [2.45, 2.75) is 0 Å². The van der Waals surface area contributed by atoms with Gasteiger partial charge in [0.1, 0.15) is 30.5 Å². The fourth-order valence-corrected chi connectivity index (χ4v) is 1.48. The van der Waals surface area contributed by atoms with Crippen LogP contribution >= 0.6 is 0 Å². The van der Waals surface area contributed by atoms with Crippen molar-refractivity contribution in [3.05, 3.63) is 54.3 Å². The quantitative estimate of drug-likeness (QED) is 0.652. The molecule has 94 valence electrons. The van der Waals surface area contributed by atoms with Gasteiger partial charge in [-0.1, -0.05) is 18.2 Å². The summed E-state index contributed by atoms with van der Waals surface area (Å²) in [6.45, 7) is 0.683. The molecule has 2 aromatic carbocycles. The summed E-state index contributed by atoms with van der Waals surface area (Å²) in [4.78, 5) is 0. The summed E-state index contributed by atoms with van der Waals surface area (Å²) in [7, 11) is 0. The molecular formula is C14H14FNO2. The molecule has 0 aliphatic heterocycles. The van der Waals surface area contributed by atoms with Gasteiger partial charge >= 0.3 is 0 Å². The van der Waals surface area contributed by atoms with Gasteiger partial charge in [0.2, 0.25) is 0 Å². The molecule has 0 spiro atoms. The van der Waals surface area contributed by atoms with E-state index in [1.807, 2.05) is 12.1 Å². The summed E-state index contributed by atoms with van der Waals surface area (Å²) in [5, 5.41) is 0. The van der Waals surface area contributed by atoms with E-state index in [1.165, 1.54) is 12.1 Å². The number of para-hydroxylation sites is 2. The Morgan fingerprint density at radius 1 is 0.944 bits per heavy atom. The molecule has 0 atom stereocenters. The second-order valence-corrected chi connectivity index (χ2v) is 3.69. The monoisotopic (exact) mass is 247 g/mol. The zero-order valence-corrected chi connectivity index (χ0v) is 9.80. The molecule has 2 N–H and O–H groups in total. The van der Waals surface area contributed by atoms with E-state index in [-0.39, 0.29) is 5.82 Å². The van der Waals surface area contributed by atoms with Crippen LogP contribution in [0.1, 0.15) is 0 Å². The third-order valence-electron chi connectivity index (χ3n) is 2.32. The Hall–Kier alpha value is -2.23. The molecule has 0 aliphatic carbocycles. The smallest absolute Gasteiger partial charge is 0.142 e. The van der Waals surface area contributed by atoms with Gasteiger partial charge in [0.05, 0.1) is 5.69 Å². The molecule has 0 radical (unpaired) electrons. The minimum atomic E-state index is -0.319. The summed E-state index contributed by atoms with van der Waals surface area (Å²) in [5.41, 5.74) is 6.30. The first-order valence-electron chi connectivity index (χ1n) is 5.61. The van der Waals surface area contributed by atoms with Gasteiger partial charge in [-0.25, -0.2) is 4.39 Å². The van der Waals surface area contributed by atoms with Crippen LogP contribution in [0.15, 0.2) is 48.5 Å². The average molecular weight is 247 g/mol. The molecule has 18 heavy (non-hydrogen) atoms. The number of halogens is 1. The minimum absolute atomic E-state index is 0.319. The molecule has 0 saturated heterocycles. The van der Waals surface area contributed by atoms with Gasteiger partial charge in [-0.2, -0.15) is 0 Å². The third-order valence-corrected chi connectivity index (χ3v) is 2.32. The molecule has 0 saturated carbocycles. The minimum Gasteiger partial charge on any atom is -0.490 e. The maximum absolute atomic E-state index is 12.9. The first-order chi connectivity index (χ1) is 8.75. The molecule has 0 aromatic heterocycles. The van der Waals surface area contributed by atoms with Gasteiger partial charge < -0.3 is 15.2 Å². The highest BCUT2D eigenvalue weighted by Gasteiger charge is 1.99. The molecule has 3 nitrogen and oxygen atoms in total. The van der Waals surface area contributed by atoms with Gasteiger partial charge in [-0.3, -0.25) is 0 Å². The average Bonchev–Trinajstić information content (AvgIpc) is 2.37. The first-order valence-corrected chi connectivity index (χ1v) is 5.61. The van der Waals surface area contributed by atoms with E-state index < -0.39 is 0 Å². The van der Waals surface area contributed by atoms with Crippen LogP contribution in [0.25, 0.3) is 0 Å². The topological polar surface area (TPSA) is 44.5 Å². The van der Waals surface area contributed by atoms with Crippen LogP contribution in [0.3, 0.4) is 0 Å². The molecule has 0 amide bonds. The van der Waals surface area contributed by atoms with Crippen LogP contribution in [0.2, 0.25) is 0 Å². The lowest BCUT2D eigenvalue weighted by atomic mass is 10.3. The molecule has 0 heterocycles. The fourth-order valence-electron chi connectivity index (χ4n) is 1.48. The predicted molar refractivity (Wildman–Crippen MR) is 68.2 cm³/mol. The molecule has 2 rings (SSSR count). The lowest BCUT2D eigenvalue weighted by Gasteiger charge is -2.09. The van der Waals surface area contributed by atoms with E-state index >= 15 is 0 Å². The Bertz CT molecular complexity index is 517. The third kappa shape index (κ3) is 3.38. The predicted octanol–water partition coefficient (Wildman–Crippen LogP) is 2.87. The molecule has 0 aliphatic rings. The second kappa shape index (κ2) is 5.91. The Balaban J connectivity index is 1.78. The van der Waals surface area contributed by atoms with Crippen LogP contribution < -0.4 is 15.2 Å². The number of hydrogen-bond donors (Lipinski definition) is 1. The number of ether oxygens (including phenoxy) is 2. The number of anilines is 1. The van der Waals surface area contributed by atoms with E-state index in [2.05, 4.69) is 0 Å². The lowest BCUT2D eigenvalue weighted by molar-refractivity contribution is 0.217. The van der Waals surface area contributed by atoms with Crippen LogP contribution in [-0.4, -0.2) is 13.2 Å². The highest BCUT2D eigenvalue weighted by atomic mass is 19.1. The Labute approximate surface area is 105 Å².